The number of nitrogens with zero attached hydrogens (tertiary/aromatic N) is 3. The number of nitrogens with one attached hydrogen (secondary N) is 1. The van der Waals surface area contributed by atoms with E-state index in [-0.39, 0.29) is 18.6 Å². The fraction of sp³-hybridized carbons (Fsp3) is 0.571. The summed E-state index contributed by atoms with van der Waals surface area (Å²) in [7, 11) is 1.86. The Kier molecular flexibility index (Phi) is 5.46. The highest BCUT2D eigenvalue weighted by Crippen LogP contribution is 2.21. The Morgan fingerprint density at radius 2 is 2.10 bits per heavy atom. The highest BCUT2D eigenvalue weighted by atomic mass is 16.3. The number of carbonyl (C=O) groups excluding carboxylic acids is 1. The van der Waals surface area contributed by atoms with Crippen molar-refractivity contribution in [2.75, 3.05) is 46.4 Å². The fourth-order valence-corrected chi connectivity index (χ4v) is 2.48. The van der Waals surface area contributed by atoms with Gasteiger partial charge in [-0.15, -0.1) is 0 Å². The molecule has 0 radical (unpaired) electrons. The maximum absolute atomic E-state index is 12.8. The van der Waals surface area contributed by atoms with Crippen molar-refractivity contribution in [2.24, 2.45) is 0 Å². The summed E-state index contributed by atoms with van der Waals surface area (Å²) in [4.78, 5) is 20.5. The van der Waals surface area contributed by atoms with Crippen LogP contribution in [0.3, 0.4) is 0 Å². The third-order valence-electron chi connectivity index (χ3n) is 3.58. The molecule has 1 unspecified atom stereocenters. The van der Waals surface area contributed by atoms with Crippen LogP contribution in [0.15, 0.2) is 24.5 Å². The number of rotatable bonds is 5. The lowest BCUT2D eigenvalue weighted by molar-refractivity contribution is -0.137. The summed E-state index contributed by atoms with van der Waals surface area (Å²) >= 11 is 0. The molecule has 2 rings (SSSR count). The first kappa shape index (κ1) is 14.9. The Labute approximate surface area is 119 Å². The molecule has 0 aromatic carbocycles. The van der Waals surface area contributed by atoms with Crippen molar-refractivity contribution in [1.82, 2.24) is 20.1 Å². The van der Waals surface area contributed by atoms with E-state index in [1.807, 2.05) is 29.0 Å². The van der Waals surface area contributed by atoms with Gasteiger partial charge in [-0.3, -0.25) is 14.7 Å². The number of hydrogen-bond acceptors (Lipinski definition) is 5. The normalized spacial score (nSPS) is 17.2. The van der Waals surface area contributed by atoms with Crippen LogP contribution in [0.4, 0.5) is 0 Å². The van der Waals surface area contributed by atoms with Gasteiger partial charge in [-0.1, -0.05) is 0 Å². The van der Waals surface area contributed by atoms with Gasteiger partial charge in [0.2, 0.25) is 5.91 Å². The van der Waals surface area contributed by atoms with Gasteiger partial charge in [0.05, 0.1) is 6.61 Å². The summed E-state index contributed by atoms with van der Waals surface area (Å²) in [6.07, 6.45) is 3.39. The van der Waals surface area contributed by atoms with Gasteiger partial charge in [0.15, 0.2) is 0 Å². The number of carbonyl (C=O) groups is 1. The van der Waals surface area contributed by atoms with E-state index in [9.17, 15) is 4.79 Å². The molecule has 0 aliphatic carbocycles. The second-order valence-electron chi connectivity index (χ2n) is 4.96. The summed E-state index contributed by atoms with van der Waals surface area (Å²) in [6, 6.07) is 3.36. The summed E-state index contributed by atoms with van der Waals surface area (Å²) in [5.74, 6) is 0.0913. The van der Waals surface area contributed by atoms with E-state index in [0.717, 1.165) is 31.7 Å². The SMILES string of the molecule is CN(CCO)C(C(=O)N1CCNCC1)c1ccncc1. The third kappa shape index (κ3) is 3.53. The molecule has 0 bridgehead atoms. The Morgan fingerprint density at radius 1 is 1.45 bits per heavy atom. The number of likely N-dealkylation sites (N-methyl/N-ethyl adjacent to an activating group) is 1. The van der Waals surface area contributed by atoms with E-state index in [4.69, 9.17) is 5.11 Å². The first-order chi connectivity index (χ1) is 9.74. The number of piperazine rings is 1. The molecule has 110 valence electrons. The number of amides is 1. The van der Waals surface area contributed by atoms with Crippen LogP contribution < -0.4 is 5.32 Å². The van der Waals surface area contributed by atoms with Crippen LogP contribution >= 0.6 is 0 Å². The summed E-state index contributed by atoms with van der Waals surface area (Å²) < 4.78 is 0. The molecule has 0 saturated carbocycles. The van der Waals surface area contributed by atoms with Crippen molar-refractivity contribution >= 4 is 5.91 Å². The fourth-order valence-electron chi connectivity index (χ4n) is 2.48. The minimum absolute atomic E-state index is 0.0346. The van der Waals surface area contributed by atoms with Gasteiger partial charge in [-0.25, -0.2) is 0 Å². The van der Waals surface area contributed by atoms with Crippen LogP contribution in [0.1, 0.15) is 11.6 Å². The molecule has 2 N–H and O–H groups in total. The zero-order valence-corrected chi connectivity index (χ0v) is 11.8. The van der Waals surface area contributed by atoms with Gasteiger partial charge < -0.3 is 15.3 Å². The van der Waals surface area contributed by atoms with Crippen molar-refractivity contribution in [2.45, 2.75) is 6.04 Å². The van der Waals surface area contributed by atoms with E-state index in [1.54, 1.807) is 12.4 Å². The summed E-state index contributed by atoms with van der Waals surface area (Å²) in [6.45, 7) is 3.62. The molecule has 6 heteroatoms. The summed E-state index contributed by atoms with van der Waals surface area (Å²) in [5, 5.41) is 12.4. The predicted octanol–water partition coefficient (Wildman–Crippen LogP) is -0.521. The first-order valence-electron chi connectivity index (χ1n) is 6.94. The molecule has 1 atom stereocenters. The van der Waals surface area contributed by atoms with Crippen molar-refractivity contribution in [1.29, 1.82) is 0 Å². The van der Waals surface area contributed by atoms with Crippen LogP contribution in [0, 0.1) is 0 Å². The zero-order chi connectivity index (χ0) is 14.4. The average molecular weight is 278 g/mol. The lowest BCUT2D eigenvalue weighted by Crippen LogP contribution is -2.50. The molecular formula is C14H22N4O2. The third-order valence-corrected chi connectivity index (χ3v) is 3.58. The lowest BCUT2D eigenvalue weighted by Gasteiger charge is -2.34. The Bertz CT molecular complexity index is 420. The van der Waals surface area contributed by atoms with Crippen molar-refractivity contribution < 1.29 is 9.90 Å². The molecule has 1 aliphatic heterocycles. The molecule has 1 amide bonds. The standard InChI is InChI=1S/C14H22N4O2/c1-17(10-11-19)13(12-2-4-15-5-3-12)14(20)18-8-6-16-7-9-18/h2-5,13,16,19H,6-11H2,1H3. The maximum Gasteiger partial charge on any atom is 0.244 e. The lowest BCUT2D eigenvalue weighted by atomic mass is 10.1. The predicted molar refractivity (Wildman–Crippen MR) is 76.1 cm³/mol. The number of aliphatic hydroxyl groups is 1. The molecule has 2 heterocycles. The molecule has 1 aliphatic rings. The van der Waals surface area contributed by atoms with Crippen LogP contribution in [0.5, 0.6) is 0 Å². The average Bonchev–Trinajstić information content (AvgIpc) is 2.50. The van der Waals surface area contributed by atoms with E-state index < -0.39 is 0 Å². The Balaban J connectivity index is 2.19. The van der Waals surface area contributed by atoms with Gasteiger partial charge in [0, 0.05) is 45.1 Å². The van der Waals surface area contributed by atoms with E-state index in [2.05, 4.69) is 10.3 Å². The number of aromatic nitrogens is 1. The molecule has 20 heavy (non-hydrogen) atoms. The van der Waals surface area contributed by atoms with Crippen LogP contribution in [-0.2, 0) is 4.79 Å². The molecule has 1 aromatic heterocycles. The second-order valence-corrected chi connectivity index (χ2v) is 4.96. The van der Waals surface area contributed by atoms with Gasteiger partial charge >= 0.3 is 0 Å². The zero-order valence-electron chi connectivity index (χ0n) is 11.8. The quantitative estimate of drug-likeness (QED) is 0.758. The van der Waals surface area contributed by atoms with Crippen LogP contribution in [0.25, 0.3) is 0 Å². The van der Waals surface area contributed by atoms with Crippen LogP contribution in [0.2, 0.25) is 0 Å². The largest absolute Gasteiger partial charge is 0.395 e. The molecule has 6 nitrogen and oxygen atoms in total. The van der Waals surface area contributed by atoms with Gasteiger partial charge in [0.25, 0.3) is 0 Å². The van der Waals surface area contributed by atoms with Gasteiger partial charge in [0.1, 0.15) is 6.04 Å². The monoisotopic (exact) mass is 278 g/mol. The smallest absolute Gasteiger partial charge is 0.244 e. The van der Waals surface area contributed by atoms with E-state index in [0.29, 0.717) is 6.54 Å². The first-order valence-corrected chi connectivity index (χ1v) is 6.94. The van der Waals surface area contributed by atoms with Gasteiger partial charge in [-0.2, -0.15) is 0 Å². The van der Waals surface area contributed by atoms with E-state index in [1.165, 1.54) is 0 Å². The number of pyridine rings is 1. The highest BCUT2D eigenvalue weighted by molar-refractivity contribution is 5.83. The number of aliphatic hydroxyl groups excluding tert-OH is 1. The molecular weight excluding hydrogens is 256 g/mol. The second kappa shape index (κ2) is 7.33. The van der Waals surface area contributed by atoms with Gasteiger partial charge in [-0.05, 0) is 24.7 Å². The van der Waals surface area contributed by atoms with Crippen molar-refractivity contribution in [3.63, 3.8) is 0 Å². The molecule has 1 saturated heterocycles. The highest BCUT2D eigenvalue weighted by Gasteiger charge is 2.29. The molecule has 0 spiro atoms. The van der Waals surface area contributed by atoms with E-state index >= 15 is 0 Å². The van der Waals surface area contributed by atoms with Crippen molar-refractivity contribution in [3.05, 3.63) is 30.1 Å². The minimum atomic E-state index is -0.358. The number of hydrogen-bond donors (Lipinski definition) is 2. The van der Waals surface area contributed by atoms with Crippen LogP contribution in [-0.4, -0.2) is 72.2 Å². The Hall–Kier alpha value is -1.50. The maximum atomic E-state index is 12.8. The minimum Gasteiger partial charge on any atom is -0.395 e. The Morgan fingerprint density at radius 3 is 2.70 bits per heavy atom. The topological polar surface area (TPSA) is 68.7 Å². The molecule has 1 aromatic rings. The van der Waals surface area contributed by atoms with Crippen molar-refractivity contribution in [3.8, 4) is 0 Å². The molecule has 1 fully saturated rings. The summed E-state index contributed by atoms with van der Waals surface area (Å²) in [5.41, 5.74) is 0.916.